The van der Waals surface area contributed by atoms with Crippen LogP contribution in [0.2, 0.25) is 0 Å². The van der Waals surface area contributed by atoms with Gasteiger partial charge in [-0.25, -0.2) is 0 Å². The third-order valence-corrected chi connectivity index (χ3v) is 5.27. The molecule has 1 aromatic rings. The molecule has 2 fully saturated rings. The zero-order valence-electron chi connectivity index (χ0n) is 15.3. The van der Waals surface area contributed by atoms with E-state index < -0.39 is 0 Å². The fourth-order valence-corrected chi connectivity index (χ4v) is 3.91. The van der Waals surface area contributed by atoms with Gasteiger partial charge < -0.3 is 20.1 Å². The van der Waals surface area contributed by atoms with Gasteiger partial charge in [-0.1, -0.05) is 13.8 Å². The number of anilines is 1. The summed E-state index contributed by atoms with van der Waals surface area (Å²) in [6, 6.07) is 0.506. The average molecular weight is 336 g/mol. The smallest absolute Gasteiger partial charge is 0.131 e. The van der Waals surface area contributed by atoms with Crippen molar-refractivity contribution in [2.24, 2.45) is 7.05 Å². The maximum Gasteiger partial charge on any atom is 0.131 e. The summed E-state index contributed by atoms with van der Waals surface area (Å²) < 4.78 is 7.55. The SMILES string of the molecule is CC(C)c1nn(C)c(N2CCOCC2)c1CNC1CCC(O)CC1. The van der Waals surface area contributed by atoms with Crippen LogP contribution in [0.3, 0.4) is 0 Å². The molecule has 0 amide bonds. The molecule has 0 spiro atoms. The molecule has 1 saturated carbocycles. The van der Waals surface area contributed by atoms with Crippen molar-refractivity contribution in [2.45, 2.75) is 64.1 Å². The molecule has 0 aromatic carbocycles. The number of nitrogens with one attached hydrogen (secondary N) is 1. The number of rotatable bonds is 5. The van der Waals surface area contributed by atoms with Crippen molar-refractivity contribution in [3.63, 3.8) is 0 Å². The maximum atomic E-state index is 9.69. The summed E-state index contributed by atoms with van der Waals surface area (Å²) in [6.07, 6.45) is 3.85. The van der Waals surface area contributed by atoms with E-state index in [1.165, 1.54) is 17.1 Å². The van der Waals surface area contributed by atoms with Crippen LogP contribution in [0.1, 0.15) is 56.7 Å². The lowest BCUT2D eigenvalue weighted by Crippen LogP contribution is -2.39. The molecule has 1 aromatic heterocycles. The Morgan fingerprint density at radius 1 is 1.21 bits per heavy atom. The van der Waals surface area contributed by atoms with E-state index >= 15 is 0 Å². The number of hydrogen-bond donors (Lipinski definition) is 2. The Morgan fingerprint density at radius 2 is 1.88 bits per heavy atom. The molecule has 0 atom stereocenters. The molecule has 6 heteroatoms. The summed E-state index contributed by atoms with van der Waals surface area (Å²) in [5.41, 5.74) is 2.53. The van der Waals surface area contributed by atoms with Crippen LogP contribution in [0, 0.1) is 0 Å². The van der Waals surface area contributed by atoms with E-state index in [9.17, 15) is 5.11 Å². The molecular formula is C18H32N4O2. The Hall–Kier alpha value is -1.11. The molecule has 1 aliphatic carbocycles. The first-order valence-corrected chi connectivity index (χ1v) is 9.36. The minimum atomic E-state index is -0.100. The van der Waals surface area contributed by atoms with Gasteiger partial charge in [0, 0.05) is 38.3 Å². The fourth-order valence-electron chi connectivity index (χ4n) is 3.91. The van der Waals surface area contributed by atoms with E-state index in [4.69, 9.17) is 9.84 Å². The minimum absolute atomic E-state index is 0.100. The number of aromatic nitrogens is 2. The number of morpholine rings is 1. The summed E-state index contributed by atoms with van der Waals surface area (Å²) >= 11 is 0. The second-order valence-corrected chi connectivity index (χ2v) is 7.45. The third-order valence-electron chi connectivity index (χ3n) is 5.27. The average Bonchev–Trinajstić information content (AvgIpc) is 2.92. The Bertz CT molecular complexity index is 529. The lowest BCUT2D eigenvalue weighted by atomic mass is 9.93. The molecular weight excluding hydrogens is 304 g/mol. The molecule has 2 heterocycles. The molecule has 24 heavy (non-hydrogen) atoms. The Labute approximate surface area is 145 Å². The van der Waals surface area contributed by atoms with Crippen LogP contribution in [0.15, 0.2) is 0 Å². The second kappa shape index (κ2) is 7.85. The molecule has 1 saturated heterocycles. The van der Waals surface area contributed by atoms with Crippen LogP contribution >= 0.6 is 0 Å². The van der Waals surface area contributed by atoms with Crippen molar-refractivity contribution >= 4 is 5.82 Å². The van der Waals surface area contributed by atoms with Crippen molar-refractivity contribution in [1.82, 2.24) is 15.1 Å². The van der Waals surface area contributed by atoms with Crippen LogP contribution in [0.4, 0.5) is 5.82 Å². The molecule has 3 rings (SSSR count). The van der Waals surface area contributed by atoms with Gasteiger partial charge in [-0.3, -0.25) is 4.68 Å². The Kier molecular flexibility index (Phi) is 5.79. The summed E-state index contributed by atoms with van der Waals surface area (Å²) in [5, 5.41) is 18.2. The van der Waals surface area contributed by atoms with Crippen molar-refractivity contribution in [2.75, 3.05) is 31.2 Å². The molecule has 0 radical (unpaired) electrons. The fraction of sp³-hybridized carbons (Fsp3) is 0.833. The highest BCUT2D eigenvalue weighted by Crippen LogP contribution is 2.29. The van der Waals surface area contributed by atoms with E-state index in [1.54, 1.807) is 0 Å². The molecule has 2 N–H and O–H groups in total. The van der Waals surface area contributed by atoms with Crippen LogP contribution in [0.5, 0.6) is 0 Å². The van der Waals surface area contributed by atoms with E-state index in [1.807, 2.05) is 4.68 Å². The van der Waals surface area contributed by atoms with Crippen LogP contribution < -0.4 is 10.2 Å². The van der Waals surface area contributed by atoms with Gasteiger partial charge in [0.25, 0.3) is 0 Å². The first kappa shape index (κ1) is 17.7. The normalized spacial score (nSPS) is 25.5. The predicted octanol–water partition coefficient (Wildman–Crippen LogP) is 1.77. The molecule has 1 aliphatic heterocycles. The van der Waals surface area contributed by atoms with E-state index in [-0.39, 0.29) is 6.10 Å². The van der Waals surface area contributed by atoms with Crippen molar-refractivity contribution in [3.05, 3.63) is 11.3 Å². The van der Waals surface area contributed by atoms with Gasteiger partial charge in [0.2, 0.25) is 0 Å². The molecule has 0 unspecified atom stereocenters. The lowest BCUT2D eigenvalue weighted by molar-refractivity contribution is 0.116. The number of nitrogens with zero attached hydrogens (tertiary/aromatic N) is 3. The van der Waals surface area contributed by atoms with E-state index in [0.29, 0.717) is 12.0 Å². The second-order valence-electron chi connectivity index (χ2n) is 7.45. The van der Waals surface area contributed by atoms with Crippen molar-refractivity contribution in [3.8, 4) is 0 Å². The van der Waals surface area contributed by atoms with Gasteiger partial charge in [-0.05, 0) is 31.6 Å². The van der Waals surface area contributed by atoms with E-state index in [0.717, 1.165) is 58.5 Å². The van der Waals surface area contributed by atoms with Crippen LogP contribution in [-0.4, -0.2) is 53.3 Å². The van der Waals surface area contributed by atoms with E-state index in [2.05, 4.69) is 31.1 Å². The minimum Gasteiger partial charge on any atom is -0.393 e. The molecule has 2 aliphatic rings. The summed E-state index contributed by atoms with van der Waals surface area (Å²) in [6.45, 7) is 8.72. The lowest BCUT2D eigenvalue weighted by Gasteiger charge is -2.30. The Balaban J connectivity index is 1.76. The van der Waals surface area contributed by atoms with Gasteiger partial charge in [-0.2, -0.15) is 5.10 Å². The van der Waals surface area contributed by atoms with Crippen LogP contribution in [0.25, 0.3) is 0 Å². The van der Waals surface area contributed by atoms with Gasteiger partial charge >= 0.3 is 0 Å². The largest absolute Gasteiger partial charge is 0.393 e. The number of aliphatic hydroxyl groups excluding tert-OH is 1. The highest BCUT2D eigenvalue weighted by molar-refractivity contribution is 5.51. The summed E-state index contributed by atoms with van der Waals surface area (Å²) in [4.78, 5) is 2.41. The highest BCUT2D eigenvalue weighted by atomic mass is 16.5. The van der Waals surface area contributed by atoms with Crippen LogP contribution in [-0.2, 0) is 18.3 Å². The van der Waals surface area contributed by atoms with Gasteiger partial charge in [0.1, 0.15) is 5.82 Å². The number of ether oxygens (including phenoxy) is 1. The zero-order chi connectivity index (χ0) is 17.1. The van der Waals surface area contributed by atoms with Crippen molar-refractivity contribution in [1.29, 1.82) is 0 Å². The standard InChI is InChI=1S/C18H32N4O2/c1-13(2)17-16(12-19-14-4-6-15(23)7-5-14)18(21(3)20-17)22-8-10-24-11-9-22/h13-15,19,23H,4-12H2,1-3H3. The van der Waals surface area contributed by atoms with Gasteiger partial charge in [0.15, 0.2) is 0 Å². The number of hydrogen-bond acceptors (Lipinski definition) is 5. The summed E-state index contributed by atoms with van der Waals surface area (Å²) in [5.74, 6) is 1.65. The number of aryl methyl sites for hydroxylation is 1. The quantitative estimate of drug-likeness (QED) is 0.858. The summed E-state index contributed by atoms with van der Waals surface area (Å²) in [7, 11) is 2.05. The van der Waals surface area contributed by atoms with Gasteiger partial charge in [0.05, 0.1) is 25.0 Å². The molecule has 136 valence electrons. The third kappa shape index (κ3) is 3.92. The highest BCUT2D eigenvalue weighted by Gasteiger charge is 2.25. The Morgan fingerprint density at radius 3 is 2.50 bits per heavy atom. The first-order valence-electron chi connectivity index (χ1n) is 9.36. The predicted molar refractivity (Wildman–Crippen MR) is 95.4 cm³/mol. The number of aliphatic hydroxyl groups is 1. The molecule has 6 nitrogen and oxygen atoms in total. The monoisotopic (exact) mass is 336 g/mol. The molecule has 0 bridgehead atoms. The first-order chi connectivity index (χ1) is 11.6. The van der Waals surface area contributed by atoms with Gasteiger partial charge in [-0.15, -0.1) is 0 Å². The maximum absolute atomic E-state index is 9.69. The van der Waals surface area contributed by atoms with Crippen molar-refractivity contribution < 1.29 is 9.84 Å². The zero-order valence-corrected chi connectivity index (χ0v) is 15.3. The topological polar surface area (TPSA) is 62.5 Å².